The molecule has 21 heavy (non-hydrogen) atoms. The molecule has 0 heterocycles. The van der Waals surface area contributed by atoms with Gasteiger partial charge in [0, 0.05) is 12.1 Å². The molecule has 0 bridgehead atoms. The highest BCUT2D eigenvalue weighted by molar-refractivity contribution is 5.31. The molecule has 0 saturated carbocycles. The predicted molar refractivity (Wildman–Crippen MR) is 92.1 cm³/mol. The van der Waals surface area contributed by atoms with Crippen LogP contribution in [0.15, 0.2) is 36.4 Å². The molecule has 0 aliphatic rings. The van der Waals surface area contributed by atoms with Crippen molar-refractivity contribution in [1.82, 2.24) is 5.32 Å². The van der Waals surface area contributed by atoms with Crippen molar-refractivity contribution in [3.8, 4) is 5.75 Å². The Labute approximate surface area is 130 Å². The van der Waals surface area contributed by atoms with Crippen molar-refractivity contribution >= 4 is 0 Å². The second-order valence-electron chi connectivity index (χ2n) is 7.40. The predicted octanol–water partition coefficient (Wildman–Crippen LogP) is 4.70. The molecule has 0 unspecified atom stereocenters. The first-order valence-corrected chi connectivity index (χ1v) is 7.79. The van der Waals surface area contributed by atoms with Gasteiger partial charge in [0.2, 0.25) is 0 Å². The summed E-state index contributed by atoms with van der Waals surface area (Å²) in [6, 6.07) is 8.43. The van der Waals surface area contributed by atoms with Crippen LogP contribution >= 0.6 is 0 Å². The summed E-state index contributed by atoms with van der Waals surface area (Å²) < 4.78 is 5.79. The fourth-order valence-corrected chi connectivity index (χ4v) is 1.83. The van der Waals surface area contributed by atoms with Gasteiger partial charge in [0.05, 0.1) is 0 Å². The van der Waals surface area contributed by atoms with Crippen molar-refractivity contribution in [3.05, 3.63) is 42.0 Å². The van der Waals surface area contributed by atoms with E-state index in [0.29, 0.717) is 6.61 Å². The van der Waals surface area contributed by atoms with Gasteiger partial charge in [0.25, 0.3) is 0 Å². The lowest BCUT2D eigenvalue weighted by Crippen LogP contribution is -2.37. The molecule has 0 atom stereocenters. The van der Waals surface area contributed by atoms with Crippen molar-refractivity contribution in [1.29, 1.82) is 0 Å². The van der Waals surface area contributed by atoms with Crippen molar-refractivity contribution in [2.75, 3.05) is 13.2 Å². The summed E-state index contributed by atoms with van der Waals surface area (Å²) in [7, 11) is 0. The van der Waals surface area contributed by atoms with Gasteiger partial charge in [0.15, 0.2) is 0 Å². The lowest BCUT2D eigenvalue weighted by atomic mass is 9.82. The minimum Gasteiger partial charge on any atom is -0.489 e. The van der Waals surface area contributed by atoms with Crippen molar-refractivity contribution in [3.63, 3.8) is 0 Å². The van der Waals surface area contributed by atoms with Gasteiger partial charge >= 0.3 is 0 Å². The van der Waals surface area contributed by atoms with E-state index in [-0.39, 0.29) is 11.0 Å². The molecule has 0 amide bonds. The molecule has 0 saturated heterocycles. The average molecular weight is 289 g/mol. The van der Waals surface area contributed by atoms with E-state index in [0.717, 1.165) is 24.3 Å². The molecule has 0 aliphatic carbocycles. The molecule has 0 fully saturated rings. The van der Waals surface area contributed by atoms with E-state index in [1.165, 1.54) is 5.56 Å². The first kappa shape index (κ1) is 17.8. The van der Waals surface area contributed by atoms with E-state index < -0.39 is 0 Å². The summed E-state index contributed by atoms with van der Waals surface area (Å²) in [6.07, 6.45) is 1.13. The molecule has 0 radical (unpaired) electrons. The molecule has 1 aromatic rings. The Kier molecular flexibility index (Phi) is 6.03. The maximum Gasteiger partial charge on any atom is 0.119 e. The van der Waals surface area contributed by atoms with E-state index in [1.54, 1.807) is 0 Å². The zero-order valence-electron chi connectivity index (χ0n) is 14.5. The summed E-state index contributed by atoms with van der Waals surface area (Å²) in [5.41, 5.74) is 2.74. The number of hydrogen-bond donors (Lipinski definition) is 1. The molecule has 2 heteroatoms. The first-order chi connectivity index (χ1) is 9.64. The Bertz CT molecular complexity index is 451. The molecule has 1 N–H and O–H groups in total. The van der Waals surface area contributed by atoms with Gasteiger partial charge in [-0.2, -0.15) is 0 Å². The summed E-state index contributed by atoms with van der Waals surface area (Å²) in [6.45, 7) is 18.6. The summed E-state index contributed by atoms with van der Waals surface area (Å²) >= 11 is 0. The zero-order valence-corrected chi connectivity index (χ0v) is 14.5. The normalized spacial score (nSPS) is 12.3. The average Bonchev–Trinajstić information content (AvgIpc) is 2.42. The Hall–Kier alpha value is -1.28. The largest absolute Gasteiger partial charge is 0.489 e. The Morgan fingerprint density at radius 2 is 1.67 bits per heavy atom. The number of rotatable bonds is 7. The maximum atomic E-state index is 5.79. The molecule has 0 aliphatic heterocycles. The van der Waals surface area contributed by atoms with E-state index in [2.05, 4.69) is 77.7 Å². The first-order valence-electron chi connectivity index (χ1n) is 7.79. The lowest BCUT2D eigenvalue weighted by Gasteiger charge is -2.23. The Morgan fingerprint density at radius 3 is 2.14 bits per heavy atom. The standard InChI is InChI=1S/C19H31NO/c1-8-19(6,7)16-9-11-17(12-10-16)21-14-15(2)13-20-18(3,4)5/h9-12,20H,2,8,13-14H2,1,3-7H3. The highest BCUT2D eigenvalue weighted by atomic mass is 16.5. The molecule has 2 nitrogen and oxygen atoms in total. The fourth-order valence-electron chi connectivity index (χ4n) is 1.83. The van der Waals surface area contributed by atoms with Crippen molar-refractivity contribution in [2.24, 2.45) is 0 Å². The molecule has 1 aromatic carbocycles. The third kappa shape index (κ3) is 6.34. The van der Waals surface area contributed by atoms with Crippen LogP contribution in [0.1, 0.15) is 53.5 Å². The van der Waals surface area contributed by atoms with Gasteiger partial charge in [0.1, 0.15) is 12.4 Å². The molecule has 0 spiro atoms. The third-order valence-corrected chi connectivity index (χ3v) is 3.83. The van der Waals surface area contributed by atoms with E-state index in [4.69, 9.17) is 4.74 Å². The van der Waals surface area contributed by atoms with Crippen LogP contribution in [0.25, 0.3) is 0 Å². The van der Waals surface area contributed by atoms with Crippen LogP contribution in [0.4, 0.5) is 0 Å². The second kappa shape index (κ2) is 7.13. The van der Waals surface area contributed by atoms with Crippen molar-refractivity contribution in [2.45, 2.75) is 58.9 Å². The third-order valence-electron chi connectivity index (χ3n) is 3.83. The number of hydrogen-bond acceptors (Lipinski definition) is 2. The Morgan fingerprint density at radius 1 is 1.10 bits per heavy atom. The van der Waals surface area contributed by atoms with Crippen LogP contribution < -0.4 is 10.1 Å². The van der Waals surface area contributed by atoms with Crippen LogP contribution in [0, 0.1) is 0 Å². The summed E-state index contributed by atoms with van der Waals surface area (Å²) in [5, 5.41) is 3.41. The van der Waals surface area contributed by atoms with Gasteiger partial charge < -0.3 is 10.1 Å². The molecular formula is C19H31NO. The van der Waals surface area contributed by atoms with E-state index >= 15 is 0 Å². The van der Waals surface area contributed by atoms with Gasteiger partial charge in [-0.05, 0) is 55.9 Å². The van der Waals surface area contributed by atoms with Gasteiger partial charge in [-0.1, -0.05) is 39.5 Å². The minimum atomic E-state index is 0.107. The fraction of sp³-hybridized carbons (Fsp3) is 0.579. The number of ether oxygens (including phenoxy) is 1. The summed E-state index contributed by atoms with van der Waals surface area (Å²) in [4.78, 5) is 0. The van der Waals surface area contributed by atoms with E-state index in [1.807, 2.05) is 0 Å². The van der Waals surface area contributed by atoms with Crippen LogP contribution in [0.2, 0.25) is 0 Å². The molecule has 0 aromatic heterocycles. The molecule has 1 rings (SSSR count). The lowest BCUT2D eigenvalue weighted by molar-refractivity contribution is 0.341. The van der Waals surface area contributed by atoms with Crippen LogP contribution in [-0.4, -0.2) is 18.7 Å². The van der Waals surface area contributed by atoms with Gasteiger partial charge in [-0.15, -0.1) is 0 Å². The highest BCUT2D eigenvalue weighted by Gasteiger charge is 2.17. The van der Waals surface area contributed by atoms with Crippen LogP contribution in [-0.2, 0) is 5.41 Å². The SMILES string of the molecule is C=C(CNC(C)(C)C)COc1ccc(C(C)(C)CC)cc1. The van der Waals surface area contributed by atoms with Crippen LogP contribution in [0.3, 0.4) is 0 Å². The zero-order chi connectivity index (χ0) is 16.1. The number of benzene rings is 1. The summed E-state index contributed by atoms with van der Waals surface area (Å²) in [5.74, 6) is 0.905. The van der Waals surface area contributed by atoms with Crippen molar-refractivity contribution < 1.29 is 4.74 Å². The monoisotopic (exact) mass is 289 g/mol. The van der Waals surface area contributed by atoms with Gasteiger partial charge in [-0.3, -0.25) is 0 Å². The highest BCUT2D eigenvalue weighted by Crippen LogP contribution is 2.28. The molecular weight excluding hydrogens is 258 g/mol. The topological polar surface area (TPSA) is 21.3 Å². The molecule has 118 valence electrons. The second-order valence-corrected chi connectivity index (χ2v) is 7.40. The minimum absolute atomic E-state index is 0.107. The number of nitrogens with one attached hydrogen (secondary N) is 1. The van der Waals surface area contributed by atoms with E-state index in [9.17, 15) is 0 Å². The maximum absolute atomic E-state index is 5.79. The quantitative estimate of drug-likeness (QED) is 0.735. The van der Waals surface area contributed by atoms with Crippen LogP contribution in [0.5, 0.6) is 5.75 Å². The van der Waals surface area contributed by atoms with Gasteiger partial charge in [-0.25, -0.2) is 0 Å². The smallest absolute Gasteiger partial charge is 0.119 e. The Balaban J connectivity index is 2.48.